The summed E-state index contributed by atoms with van der Waals surface area (Å²) in [6.45, 7) is 4.87. The maximum atomic E-state index is 12.0. The van der Waals surface area contributed by atoms with Crippen molar-refractivity contribution in [3.8, 4) is 5.69 Å². The number of carbonyl (C=O) groups is 1. The number of nitrogens with two attached hydrogens (primary N) is 1. The van der Waals surface area contributed by atoms with Gasteiger partial charge in [0.15, 0.2) is 5.69 Å². The highest BCUT2D eigenvalue weighted by Crippen LogP contribution is 2.11. The fraction of sp³-hybridized carbons (Fsp3) is 0.333. The molecule has 0 radical (unpaired) electrons. The summed E-state index contributed by atoms with van der Waals surface area (Å²) >= 11 is 0. The zero-order chi connectivity index (χ0) is 14.5. The molecular formula is C15H20N4O. The van der Waals surface area contributed by atoms with E-state index in [9.17, 15) is 4.79 Å². The number of aromatic nitrogens is 2. The minimum Gasteiger partial charge on any atom is -0.399 e. The lowest BCUT2D eigenvalue weighted by Crippen LogP contribution is -2.28. The summed E-state index contributed by atoms with van der Waals surface area (Å²) in [6.07, 6.45) is 2.80. The van der Waals surface area contributed by atoms with Crippen molar-refractivity contribution in [3.63, 3.8) is 0 Å². The van der Waals surface area contributed by atoms with Crippen LogP contribution in [0.5, 0.6) is 0 Å². The fourth-order valence-corrected chi connectivity index (χ4v) is 1.76. The van der Waals surface area contributed by atoms with E-state index in [1.165, 1.54) is 0 Å². The molecule has 0 fully saturated rings. The van der Waals surface area contributed by atoms with Crippen LogP contribution < -0.4 is 11.1 Å². The molecule has 3 N–H and O–H groups in total. The predicted molar refractivity (Wildman–Crippen MR) is 79.8 cm³/mol. The third kappa shape index (κ3) is 3.38. The Morgan fingerprint density at radius 2 is 2.25 bits per heavy atom. The molecule has 2 aromatic rings. The van der Waals surface area contributed by atoms with E-state index in [-0.39, 0.29) is 5.91 Å². The molecule has 0 saturated heterocycles. The lowest BCUT2D eigenvalue weighted by atomic mass is 10.1. The maximum absolute atomic E-state index is 12.0. The summed E-state index contributed by atoms with van der Waals surface area (Å²) in [4.78, 5) is 12.0. The van der Waals surface area contributed by atoms with Gasteiger partial charge in [-0.15, -0.1) is 0 Å². The summed E-state index contributed by atoms with van der Waals surface area (Å²) in [6, 6.07) is 9.08. The average molecular weight is 272 g/mol. The first-order valence-corrected chi connectivity index (χ1v) is 6.80. The number of benzene rings is 1. The third-order valence-electron chi connectivity index (χ3n) is 3.26. The zero-order valence-electron chi connectivity index (χ0n) is 11.8. The standard InChI is InChI=1S/C15H20N4O/c1-3-11(2)10-17-15(20)14-7-8-19(18-14)13-6-4-5-12(16)9-13/h4-9,11H,3,10,16H2,1-2H3,(H,17,20). The zero-order valence-corrected chi connectivity index (χ0v) is 11.8. The smallest absolute Gasteiger partial charge is 0.271 e. The van der Waals surface area contributed by atoms with Crippen molar-refractivity contribution >= 4 is 11.6 Å². The molecule has 1 atom stereocenters. The van der Waals surface area contributed by atoms with Crippen molar-refractivity contribution in [2.45, 2.75) is 20.3 Å². The van der Waals surface area contributed by atoms with Crippen molar-refractivity contribution < 1.29 is 4.79 Å². The predicted octanol–water partition coefficient (Wildman–Crippen LogP) is 2.23. The second-order valence-electron chi connectivity index (χ2n) is 4.96. The number of hydrogen-bond donors (Lipinski definition) is 2. The molecule has 0 bridgehead atoms. The molecule has 1 aromatic heterocycles. The second-order valence-corrected chi connectivity index (χ2v) is 4.96. The van der Waals surface area contributed by atoms with Gasteiger partial charge >= 0.3 is 0 Å². The minimum atomic E-state index is -0.145. The number of nitrogen functional groups attached to an aromatic ring is 1. The first-order chi connectivity index (χ1) is 9.60. The fourth-order valence-electron chi connectivity index (χ4n) is 1.76. The summed E-state index contributed by atoms with van der Waals surface area (Å²) in [5, 5.41) is 7.16. The summed E-state index contributed by atoms with van der Waals surface area (Å²) in [5.41, 5.74) is 7.66. The molecule has 1 heterocycles. The van der Waals surface area contributed by atoms with Crippen molar-refractivity contribution in [3.05, 3.63) is 42.2 Å². The molecule has 0 spiro atoms. The Kier molecular flexibility index (Phi) is 4.40. The van der Waals surface area contributed by atoms with Crippen LogP contribution in [0, 0.1) is 5.92 Å². The molecule has 1 unspecified atom stereocenters. The van der Waals surface area contributed by atoms with Gasteiger partial charge in [0.25, 0.3) is 5.91 Å². The molecule has 0 aliphatic rings. The monoisotopic (exact) mass is 272 g/mol. The molecule has 0 saturated carbocycles. The molecule has 1 amide bonds. The summed E-state index contributed by atoms with van der Waals surface area (Å²) < 4.78 is 1.65. The van der Waals surface area contributed by atoms with Crippen molar-refractivity contribution in [1.29, 1.82) is 0 Å². The molecule has 0 aliphatic carbocycles. The van der Waals surface area contributed by atoms with E-state index >= 15 is 0 Å². The van der Waals surface area contributed by atoms with E-state index in [1.54, 1.807) is 16.9 Å². The quantitative estimate of drug-likeness (QED) is 0.820. The number of anilines is 1. The summed E-state index contributed by atoms with van der Waals surface area (Å²) in [7, 11) is 0. The van der Waals surface area contributed by atoms with Gasteiger partial charge < -0.3 is 11.1 Å². The maximum Gasteiger partial charge on any atom is 0.271 e. The first kappa shape index (κ1) is 14.1. The molecule has 106 valence electrons. The number of rotatable bonds is 5. The molecule has 5 nitrogen and oxygen atoms in total. The van der Waals surface area contributed by atoms with Crippen LogP contribution in [0.3, 0.4) is 0 Å². The third-order valence-corrected chi connectivity index (χ3v) is 3.26. The number of amides is 1. The minimum absolute atomic E-state index is 0.145. The van der Waals surface area contributed by atoms with E-state index < -0.39 is 0 Å². The Morgan fingerprint density at radius 1 is 1.45 bits per heavy atom. The number of hydrogen-bond acceptors (Lipinski definition) is 3. The van der Waals surface area contributed by atoms with Crippen LogP contribution >= 0.6 is 0 Å². The second kappa shape index (κ2) is 6.23. The van der Waals surface area contributed by atoms with Gasteiger partial charge in [-0.3, -0.25) is 4.79 Å². The Morgan fingerprint density at radius 3 is 2.95 bits per heavy atom. The summed E-state index contributed by atoms with van der Waals surface area (Å²) in [5.74, 6) is 0.322. The van der Waals surface area contributed by atoms with Crippen molar-refractivity contribution in [2.75, 3.05) is 12.3 Å². The van der Waals surface area contributed by atoms with Crippen molar-refractivity contribution in [2.24, 2.45) is 5.92 Å². The van der Waals surface area contributed by atoms with E-state index in [1.807, 2.05) is 24.3 Å². The highest BCUT2D eigenvalue weighted by molar-refractivity contribution is 5.92. The lowest BCUT2D eigenvalue weighted by Gasteiger charge is -2.08. The Hall–Kier alpha value is -2.30. The van der Waals surface area contributed by atoms with Gasteiger partial charge in [-0.05, 0) is 30.2 Å². The van der Waals surface area contributed by atoms with Crippen LogP contribution in [0.25, 0.3) is 5.69 Å². The Labute approximate surface area is 118 Å². The van der Waals surface area contributed by atoms with Gasteiger partial charge in [-0.1, -0.05) is 26.3 Å². The van der Waals surface area contributed by atoms with Gasteiger partial charge in [-0.2, -0.15) is 5.10 Å². The molecule has 1 aromatic carbocycles. The van der Waals surface area contributed by atoms with E-state index in [4.69, 9.17) is 5.73 Å². The Bertz CT molecular complexity index is 591. The normalized spacial score (nSPS) is 12.1. The van der Waals surface area contributed by atoms with Crippen LogP contribution in [0.15, 0.2) is 36.5 Å². The average Bonchev–Trinajstić information content (AvgIpc) is 2.94. The SMILES string of the molecule is CCC(C)CNC(=O)c1ccn(-c2cccc(N)c2)n1. The highest BCUT2D eigenvalue weighted by Gasteiger charge is 2.10. The lowest BCUT2D eigenvalue weighted by molar-refractivity contribution is 0.0942. The van der Waals surface area contributed by atoms with Gasteiger partial charge in [-0.25, -0.2) is 4.68 Å². The first-order valence-electron chi connectivity index (χ1n) is 6.80. The molecule has 0 aliphatic heterocycles. The van der Waals surface area contributed by atoms with Crippen LogP contribution in [0.4, 0.5) is 5.69 Å². The molecular weight excluding hydrogens is 252 g/mol. The molecule has 20 heavy (non-hydrogen) atoms. The van der Waals surface area contributed by atoms with Gasteiger partial charge in [0.05, 0.1) is 5.69 Å². The van der Waals surface area contributed by atoms with Crippen LogP contribution in [-0.4, -0.2) is 22.2 Å². The highest BCUT2D eigenvalue weighted by atomic mass is 16.1. The van der Waals surface area contributed by atoms with Gasteiger partial charge in [0.2, 0.25) is 0 Å². The topological polar surface area (TPSA) is 72.9 Å². The van der Waals surface area contributed by atoms with E-state index in [0.29, 0.717) is 23.8 Å². The molecule has 2 rings (SSSR count). The number of nitrogens with one attached hydrogen (secondary N) is 1. The van der Waals surface area contributed by atoms with Crippen molar-refractivity contribution in [1.82, 2.24) is 15.1 Å². The number of nitrogens with zero attached hydrogens (tertiary/aromatic N) is 2. The largest absolute Gasteiger partial charge is 0.399 e. The van der Waals surface area contributed by atoms with Crippen LogP contribution in [0.2, 0.25) is 0 Å². The van der Waals surface area contributed by atoms with E-state index in [2.05, 4.69) is 24.3 Å². The Balaban J connectivity index is 2.07. The van der Waals surface area contributed by atoms with Gasteiger partial charge in [0, 0.05) is 18.4 Å². The van der Waals surface area contributed by atoms with Crippen LogP contribution in [0.1, 0.15) is 30.8 Å². The van der Waals surface area contributed by atoms with Crippen LogP contribution in [-0.2, 0) is 0 Å². The molecule has 5 heteroatoms. The number of carbonyl (C=O) groups excluding carboxylic acids is 1. The van der Waals surface area contributed by atoms with E-state index in [0.717, 1.165) is 12.1 Å². The van der Waals surface area contributed by atoms with Gasteiger partial charge in [0.1, 0.15) is 0 Å².